The molecule has 0 saturated heterocycles. The van der Waals surface area contributed by atoms with E-state index in [-0.39, 0.29) is 5.91 Å². The standard InChI is InChI=1S/C24H49NO/c1-5-6-7-8-9-10-11-12-13-14-15-16-17-18-19-20-23(26)25-22-21-24(2,3)4/h5-22H2,1-4H3,(H,25,26). The third-order valence-corrected chi connectivity index (χ3v) is 5.20. The van der Waals surface area contributed by atoms with Crippen LogP contribution in [0.3, 0.4) is 0 Å². The van der Waals surface area contributed by atoms with Crippen LogP contribution in [-0.2, 0) is 4.79 Å². The zero-order chi connectivity index (χ0) is 19.5. The molecule has 0 aromatic heterocycles. The van der Waals surface area contributed by atoms with Crippen LogP contribution < -0.4 is 5.32 Å². The van der Waals surface area contributed by atoms with Gasteiger partial charge in [-0.05, 0) is 18.3 Å². The lowest BCUT2D eigenvalue weighted by atomic mass is 9.92. The first-order valence-corrected chi connectivity index (χ1v) is 11.7. The third kappa shape index (κ3) is 21.5. The van der Waals surface area contributed by atoms with Crippen LogP contribution in [0.5, 0.6) is 0 Å². The lowest BCUT2D eigenvalue weighted by Gasteiger charge is -2.17. The van der Waals surface area contributed by atoms with E-state index in [1.54, 1.807) is 0 Å². The van der Waals surface area contributed by atoms with E-state index >= 15 is 0 Å². The Morgan fingerprint density at radius 3 is 1.42 bits per heavy atom. The number of carbonyl (C=O) groups excluding carboxylic acids is 1. The zero-order valence-electron chi connectivity index (χ0n) is 18.6. The normalized spacial score (nSPS) is 11.7. The Hall–Kier alpha value is -0.530. The van der Waals surface area contributed by atoms with Crippen molar-refractivity contribution in [1.82, 2.24) is 5.32 Å². The number of unbranched alkanes of at least 4 members (excludes halogenated alkanes) is 14. The van der Waals surface area contributed by atoms with Gasteiger partial charge in [-0.25, -0.2) is 0 Å². The van der Waals surface area contributed by atoms with Gasteiger partial charge in [0.25, 0.3) is 0 Å². The molecule has 1 N–H and O–H groups in total. The van der Waals surface area contributed by atoms with Crippen LogP contribution in [0.25, 0.3) is 0 Å². The Balaban J connectivity index is 3.16. The summed E-state index contributed by atoms with van der Waals surface area (Å²) >= 11 is 0. The molecule has 0 fully saturated rings. The lowest BCUT2D eigenvalue weighted by Crippen LogP contribution is -2.26. The molecule has 0 aliphatic carbocycles. The number of nitrogens with one attached hydrogen (secondary N) is 1. The SMILES string of the molecule is CCCCCCCCCCCCCCCCCC(=O)NCCC(C)(C)C. The Kier molecular flexibility index (Phi) is 17.5. The van der Waals surface area contributed by atoms with Crippen LogP contribution in [0.4, 0.5) is 0 Å². The molecular weight excluding hydrogens is 318 g/mol. The molecule has 0 aliphatic rings. The van der Waals surface area contributed by atoms with Crippen LogP contribution >= 0.6 is 0 Å². The minimum absolute atomic E-state index is 0.240. The van der Waals surface area contributed by atoms with Crippen molar-refractivity contribution in [3.8, 4) is 0 Å². The topological polar surface area (TPSA) is 29.1 Å². The summed E-state index contributed by atoms with van der Waals surface area (Å²) in [6, 6.07) is 0. The average Bonchev–Trinajstić information content (AvgIpc) is 2.57. The van der Waals surface area contributed by atoms with E-state index in [9.17, 15) is 4.79 Å². The molecule has 26 heavy (non-hydrogen) atoms. The second-order valence-corrected chi connectivity index (χ2v) is 9.36. The average molecular weight is 368 g/mol. The van der Waals surface area contributed by atoms with E-state index < -0.39 is 0 Å². The minimum Gasteiger partial charge on any atom is -0.356 e. The van der Waals surface area contributed by atoms with Gasteiger partial charge >= 0.3 is 0 Å². The number of carbonyl (C=O) groups is 1. The molecule has 156 valence electrons. The highest BCUT2D eigenvalue weighted by atomic mass is 16.1. The number of rotatable bonds is 18. The summed E-state index contributed by atoms with van der Waals surface area (Å²) in [4.78, 5) is 11.8. The van der Waals surface area contributed by atoms with Crippen molar-refractivity contribution in [1.29, 1.82) is 0 Å². The predicted molar refractivity (Wildman–Crippen MR) is 117 cm³/mol. The van der Waals surface area contributed by atoms with Gasteiger partial charge in [0.1, 0.15) is 0 Å². The van der Waals surface area contributed by atoms with Gasteiger partial charge in [0.05, 0.1) is 0 Å². The van der Waals surface area contributed by atoms with Crippen molar-refractivity contribution < 1.29 is 4.79 Å². The first kappa shape index (κ1) is 25.5. The minimum atomic E-state index is 0.240. The first-order valence-electron chi connectivity index (χ1n) is 11.7. The van der Waals surface area contributed by atoms with Gasteiger partial charge < -0.3 is 5.32 Å². The van der Waals surface area contributed by atoms with Gasteiger partial charge in [0, 0.05) is 13.0 Å². The van der Waals surface area contributed by atoms with E-state index in [1.165, 1.54) is 89.9 Å². The van der Waals surface area contributed by atoms with Gasteiger partial charge in [0.15, 0.2) is 0 Å². The summed E-state index contributed by atoms with van der Waals surface area (Å²) < 4.78 is 0. The highest BCUT2D eigenvalue weighted by Crippen LogP contribution is 2.17. The van der Waals surface area contributed by atoms with Gasteiger partial charge in [-0.15, -0.1) is 0 Å². The van der Waals surface area contributed by atoms with Crippen molar-refractivity contribution in [3.05, 3.63) is 0 Å². The molecule has 0 aromatic carbocycles. The van der Waals surface area contributed by atoms with E-state index in [2.05, 4.69) is 33.0 Å². The van der Waals surface area contributed by atoms with Crippen molar-refractivity contribution in [2.75, 3.05) is 6.54 Å². The summed E-state index contributed by atoms with van der Waals surface area (Å²) in [7, 11) is 0. The van der Waals surface area contributed by atoms with E-state index in [0.29, 0.717) is 11.8 Å². The molecule has 0 saturated carbocycles. The van der Waals surface area contributed by atoms with Gasteiger partial charge in [-0.3, -0.25) is 4.79 Å². The Morgan fingerprint density at radius 1 is 0.654 bits per heavy atom. The second-order valence-electron chi connectivity index (χ2n) is 9.36. The summed E-state index contributed by atoms with van der Waals surface area (Å²) in [6.07, 6.45) is 22.3. The summed E-state index contributed by atoms with van der Waals surface area (Å²) in [5, 5.41) is 3.05. The van der Waals surface area contributed by atoms with Crippen LogP contribution in [0.2, 0.25) is 0 Å². The third-order valence-electron chi connectivity index (χ3n) is 5.20. The highest BCUT2D eigenvalue weighted by molar-refractivity contribution is 5.75. The fourth-order valence-electron chi connectivity index (χ4n) is 3.32. The molecule has 2 heteroatoms. The summed E-state index contributed by atoms with van der Waals surface area (Å²) in [5.74, 6) is 0.240. The molecule has 0 heterocycles. The maximum atomic E-state index is 11.8. The van der Waals surface area contributed by atoms with Crippen LogP contribution in [0, 0.1) is 5.41 Å². The molecule has 2 nitrogen and oxygen atoms in total. The molecule has 0 bridgehead atoms. The van der Waals surface area contributed by atoms with Crippen molar-refractivity contribution in [2.24, 2.45) is 5.41 Å². The Morgan fingerprint density at radius 2 is 1.04 bits per heavy atom. The largest absolute Gasteiger partial charge is 0.356 e. The monoisotopic (exact) mass is 367 g/mol. The van der Waals surface area contributed by atoms with Gasteiger partial charge in [-0.2, -0.15) is 0 Å². The first-order chi connectivity index (χ1) is 12.5. The fourth-order valence-corrected chi connectivity index (χ4v) is 3.32. The molecular formula is C24H49NO. The predicted octanol–water partition coefficient (Wildman–Crippen LogP) is 7.80. The smallest absolute Gasteiger partial charge is 0.219 e. The lowest BCUT2D eigenvalue weighted by molar-refractivity contribution is -0.121. The second kappa shape index (κ2) is 17.9. The highest BCUT2D eigenvalue weighted by Gasteiger charge is 2.10. The molecule has 0 aliphatic heterocycles. The molecule has 0 rings (SSSR count). The number of hydrogen-bond donors (Lipinski definition) is 1. The van der Waals surface area contributed by atoms with Gasteiger partial charge in [-0.1, -0.05) is 118 Å². The fraction of sp³-hybridized carbons (Fsp3) is 0.958. The maximum Gasteiger partial charge on any atom is 0.219 e. The van der Waals surface area contributed by atoms with Crippen molar-refractivity contribution in [2.45, 2.75) is 137 Å². The maximum absolute atomic E-state index is 11.8. The van der Waals surface area contributed by atoms with Gasteiger partial charge in [0.2, 0.25) is 5.91 Å². The Labute approximate surface area is 165 Å². The van der Waals surface area contributed by atoms with E-state index in [4.69, 9.17) is 0 Å². The number of amides is 1. The van der Waals surface area contributed by atoms with Crippen molar-refractivity contribution in [3.63, 3.8) is 0 Å². The van der Waals surface area contributed by atoms with E-state index in [1.807, 2.05) is 0 Å². The van der Waals surface area contributed by atoms with Crippen LogP contribution in [0.1, 0.15) is 137 Å². The molecule has 0 aromatic rings. The Bertz CT molecular complexity index is 306. The molecule has 0 unspecified atom stereocenters. The van der Waals surface area contributed by atoms with Crippen LogP contribution in [0.15, 0.2) is 0 Å². The quantitative estimate of drug-likeness (QED) is 0.246. The van der Waals surface area contributed by atoms with Crippen LogP contribution in [-0.4, -0.2) is 12.5 Å². The molecule has 0 radical (unpaired) electrons. The summed E-state index contributed by atoms with van der Waals surface area (Å²) in [6.45, 7) is 9.75. The molecule has 0 spiro atoms. The molecule has 0 atom stereocenters. The summed E-state index contributed by atoms with van der Waals surface area (Å²) in [5.41, 5.74) is 0.307. The van der Waals surface area contributed by atoms with Crippen molar-refractivity contribution >= 4 is 5.91 Å². The number of hydrogen-bond acceptors (Lipinski definition) is 1. The molecule has 1 amide bonds. The van der Waals surface area contributed by atoms with E-state index in [0.717, 1.165) is 19.4 Å². The zero-order valence-corrected chi connectivity index (χ0v) is 18.6.